The van der Waals surface area contributed by atoms with Gasteiger partial charge in [0.25, 0.3) is 5.89 Å². The van der Waals surface area contributed by atoms with Crippen molar-refractivity contribution in [3.8, 4) is 11.4 Å². The molecule has 1 saturated carbocycles. The first-order valence-corrected chi connectivity index (χ1v) is 6.66. The second-order valence-corrected chi connectivity index (χ2v) is 4.91. The van der Waals surface area contributed by atoms with E-state index in [0.717, 1.165) is 11.1 Å². The molecule has 1 aromatic heterocycles. The third kappa shape index (κ3) is 3.26. The minimum atomic E-state index is 0. The zero-order valence-electron chi connectivity index (χ0n) is 11.2. The van der Waals surface area contributed by atoms with E-state index in [2.05, 4.69) is 16.2 Å². The van der Waals surface area contributed by atoms with Crippen molar-refractivity contribution in [3.63, 3.8) is 0 Å². The SMILES string of the molecule is Cl.NCc1ccc(-c2noc(/C=C/C3CCC3)n2)cc1. The van der Waals surface area contributed by atoms with Crippen LogP contribution in [0.3, 0.4) is 0 Å². The lowest BCUT2D eigenvalue weighted by atomic mass is 9.85. The molecule has 1 aliphatic rings. The summed E-state index contributed by atoms with van der Waals surface area (Å²) in [4.78, 5) is 4.37. The van der Waals surface area contributed by atoms with E-state index < -0.39 is 0 Å². The molecule has 1 heterocycles. The molecule has 0 unspecified atom stereocenters. The van der Waals surface area contributed by atoms with Gasteiger partial charge in [0, 0.05) is 12.1 Å². The molecule has 0 radical (unpaired) electrons. The van der Waals surface area contributed by atoms with Crippen LogP contribution >= 0.6 is 12.4 Å². The first-order chi connectivity index (χ1) is 9.35. The fourth-order valence-electron chi connectivity index (χ4n) is 2.06. The number of allylic oxidation sites excluding steroid dienone is 1. The Labute approximate surface area is 124 Å². The van der Waals surface area contributed by atoms with E-state index in [1.165, 1.54) is 19.3 Å². The Bertz CT molecular complexity index is 573. The van der Waals surface area contributed by atoms with Crippen LogP contribution in [0.15, 0.2) is 34.9 Å². The van der Waals surface area contributed by atoms with Gasteiger partial charge in [-0.3, -0.25) is 0 Å². The number of rotatable bonds is 4. The van der Waals surface area contributed by atoms with Gasteiger partial charge < -0.3 is 10.3 Å². The summed E-state index contributed by atoms with van der Waals surface area (Å²) in [6, 6.07) is 7.89. The smallest absolute Gasteiger partial charge is 0.250 e. The maximum atomic E-state index is 5.57. The average molecular weight is 292 g/mol. The monoisotopic (exact) mass is 291 g/mol. The van der Waals surface area contributed by atoms with Gasteiger partial charge in [0.1, 0.15) is 0 Å². The van der Waals surface area contributed by atoms with Gasteiger partial charge in [-0.1, -0.05) is 41.9 Å². The van der Waals surface area contributed by atoms with Gasteiger partial charge in [0.05, 0.1) is 0 Å². The normalized spacial score (nSPS) is 15.1. The number of benzene rings is 1. The number of nitrogens with two attached hydrogens (primary N) is 1. The highest BCUT2D eigenvalue weighted by atomic mass is 35.5. The maximum Gasteiger partial charge on any atom is 0.250 e. The Morgan fingerprint density at radius 1 is 1.25 bits per heavy atom. The van der Waals surface area contributed by atoms with Crippen LogP contribution in [-0.4, -0.2) is 10.1 Å². The maximum absolute atomic E-state index is 5.57. The summed E-state index contributed by atoms with van der Waals surface area (Å²) in [5.41, 5.74) is 7.61. The lowest BCUT2D eigenvalue weighted by Gasteiger charge is -2.20. The van der Waals surface area contributed by atoms with Crippen molar-refractivity contribution in [1.29, 1.82) is 0 Å². The molecular weight excluding hydrogens is 274 g/mol. The van der Waals surface area contributed by atoms with E-state index in [1.54, 1.807) is 0 Å². The van der Waals surface area contributed by atoms with Gasteiger partial charge in [0.2, 0.25) is 5.82 Å². The summed E-state index contributed by atoms with van der Waals surface area (Å²) in [6.45, 7) is 0.544. The van der Waals surface area contributed by atoms with Gasteiger partial charge in [-0.2, -0.15) is 4.98 Å². The molecule has 0 aliphatic heterocycles. The number of aromatic nitrogens is 2. The molecule has 20 heavy (non-hydrogen) atoms. The third-order valence-electron chi connectivity index (χ3n) is 3.55. The molecule has 106 valence electrons. The van der Waals surface area contributed by atoms with Crippen LogP contribution in [0.2, 0.25) is 0 Å². The predicted molar refractivity (Wildman–Crippen MR) is 81.2 cm³/mol. The van der Waals surface area contributed by atoms with Crippen molar-refractivity contribution in [2.24, 2.45) is 11.7 Å². The Morgan fingerprint density at radius 2 is 2.00 bits per heavy atom. The van der Waals surface area contributed by atoms with E-state index in [0.29, 0.717) is 24.2 Å². The Kier molecular flexibility index (Phi) is 4.93. The summed E-state index contributed by atoms with van der Waals surface area (Å²) in [7, 11) is 0. The van der Waals surface area contributed by atoms with Crippen LogP contribution in [0, 0.1) is 5.92 Å². The summed E-state index contributed by atoms with van der Waals surface area (Å²) in [5.74, 6) is 1.89. The Morgan fingerprint density at radius 3 is 2.60 bits per heavy atom. The van der Waals surface area contributed by atoms with Crippen LogP contribution < -0.4 is 5.73 Å². The highest BCUT2D eigenvalue weighted by Gasteiger charge is 2.14. The lowest BCUT2D eigenvalue weighted by Crippen LogP contribution is -2.06. The first-order valence-electron chi connectivity index (χ1n) is 6.66. The van der Waals surface area contributed by atoms with Crippen LogP contribution in [0.4, 0.5) is 0 Å². The minimum Gasteiger partial charge on any atom is -0.334 e. The van der Waals surface area contributed by atoms with Crippen molar-refractivity contribution < 1.29 is 4.52 Å². The number of nitrogens with zero attached hydrogens (tertiary/aromatic N) is 2. The van der Waals surface area contributed by atoms with Crippen molar-refractivity contribution in [2.45, 2.75) is 25.8 Å². The fraction of sp³-hybridized carbons (Fsp3) is 0.333. The van der Waals surface area contributed by atoms with E-state index in [9.17, 15) is 0 Å². The van der Waals surface area contributed by atoms with E-state index >= 15 is 0 Å². The van der Waals surface area contributed by atoms with Gasteiger partial charge >= 0.3 is 0 Å². The summed E-state index contributed by atoms with van der Waals surface area (Å²) >= 11 is 0. The second-order valence-electron chi connectivity index (χ2n) is 4.91. The lowest BCUT2D eigenvalue weighted by molar-refractivity contribution is 0.386. The topological polar surface area (TPSA) is 64.9 Å². The molecule has 5 heteroatoms. The minimum absolute atomic E-state index is 0. The number of halogens is 1. The molecule has 1 aliphatic carbocycles. The van der Waals surface area contributed by atoms with Gasteiger partial charge in [-0.25, -0.2) is 0 Å². The largest absolute Gasteiger partial charge is 0.334 e. The predicted octanol–water partition coefficient (Wildman–Crippen LogP) is 3.43. The first kappa shape index (κ1) is 14.8. The molecule has 4 nitrogen and oxygen atoms in total. The van der Waals surface area contributed by atoms with Crippen LogP contribution in [0.1, 0.15) is 30.7 Å². The summed E-state index contributed by atoms with van der Waals surface area (Å²) < 4.78 is 5.22. The average Bonchev–Trinajstić information content (AvgIpc) is 2.86. The molecule has 2 aromatic rings. The van der Waals surface area contributed by atoms with Gasteiger partial charge in [0.15, 0.2) is 0 Å². The van der Waals surface area contributed by atoms with Crippen LogP contribution in [0.25, 0.3) is 17.5 Å². The van der Waals surface area contributed by atoms with E-state index in [4.69, 9.17) is 10.3 Å². The molecule has 0 amide bonds. The van der Waals surface area contributed by atoms with Crippen molar-refractivity contribution in [1.82, 2.24) is 10.1 Å². The zero-order chi connectivity index (χ0) is 13.1. The summed E-state index contributed by atoms with van der Waals surface area (Å²) in [5, 5.41) is 4.00. The molecule has 1 aromatic carbocycles. The summed E-state index contributed by atoms with van der Waals surface area (Å²) in [6.07, 6.45) is 7.97. The molecule has 0 bridgehead atoms. The van der Waals surface area contributed by atoms with Crippen LogP contribution in [0.5, 0.6) is 0 Å². The zero-order valence-corrected chi connectivity index (χ0v) is 12.0. The standard InChI is InChI=1S/C15H17N3O.ClH/c16-10-12-4-7-13(8-5-12)15-17-14(19-18-15)9-6-11-2-1-3-11;/h4-9,11H,1-3,10,16H2;1H/b9-6+;. The quantitative estimate of drug-likeness (QED) is 0.937. The van der Waals surface area contributed by atoms with E-state index in [-0.39, 0.29) is 12.4 Å². The molecule has 2 N–H and O–H groups in total. The highest BCUT2D eigenvalue weighted by Crippen LogP contribution is 2.28. The van der Waals surface area contributed by atoms with Crippen molar-refractivity contribution in [3.05, 3.63) is 41.8 Å². The van der Waals surface area contributed by atoms with Gasteiger partial charge in [-0.05, 0) is 30.4 Å². The molecule has 0 saturated heterocycles. The van der Waals surface area contributed by atoms with Crippen molar-refractivity contribution >= 4 is 18.5 Å². The molecule has 1 fully saturated rings. The molecule has 0 atom stereocenters. The third-order valence-corrected chi connectivity index (χ3v) is 3.55. The Balaban J connectivity index is 0.00000147. The molecule has 0 spiro atoms. The van der Waals surface area contributed by atoms with E-state index in [1.807, 2.05) is 30.3 Å². The Hall–Kier alpha value is -1.65. The fourth-order valence-corrected chi connectivity index (χ4v) is 2.06. The van der Waals surface area contributed by atoms with Crippen LogP contribution in [-0.2, 0) is 6.54 Å². The van der Waals surface area contributed by atoms with Crippen molar-refractivity contribution in [2.75, 3.05) is 0 Å². The number of hydrogen-bond acceptors (Lipinski definition) is 4. The molecule has 3 rings (SSSR count). The number of hydrogen-bond donors (Lipinski definition) is 1. The highest BCUT2D eigenvalue weighted by molar-refractivity contribution is 5.85. The van der Waals surface area contributed by atoms with Gasteiger partial charge in [-0.15, -0.1) is 12.4 Å². The molecular formula is C15H18ClN3O. The second kappa shape index (κ2) is 6.68.